The summed E-state index contributed by atoms with van der Waals surface area (Å²) in [6.07, 6.45) is -0.594. The van der Waals surface area contributed by atoms with Crippen LogP contribution in [0.4, 0.5) is 5.69 Å². The van der Waals surface area contributed by atoms with Crippen molar-refractivity contribution in [2.24, 2.45) is 23.3 Å². The number of carbonyl (C=O) groups is 3. The topological polar surface area (TPSA) is 191 Å². The first kappa shape index (κ1) is 26.6. The highest BCUT2D eigenvalue weighted by molar-refractivity contribution is 6.23. The number of hydrogen-bond acceptors (Lipinski definition) is 10. The fourth-order valence-electron chi connectivity index (χ4n) is 5.50. The van der Waals surface area contributed by atoms with Crippen molar-refractivity contribution < 1.29 is 34.8 Å². The SMILES string of the molecule is CN(C)c1cc(CN)c(O)c2c1C[C@H]1C[C@@H]([C@@H](CO)N(C)C)[C@@](O)(C(=O)CC(N)=O)C(=O)C1=C2O. The molecule has 1 fully saturated rings. The second-order valence-electron chi connectivity index (χ2n) is 9.74. The molecule has 0 aromatic heterocycles. The van der Waals surface area contributed by atoms with Crippen LogP contribution in [0.2, 0.25) is 0 Å². The Labute approximate surface area is 203 Å². The number of Topliss-reactive ketones (excluding diaryl/α,β-unsaturated/α-hetero) is 2. The van der Waals surface area contributed by atoms with E-state index in [0.29, 0.717) is 16.8 Å². The van der Waals surface area contributed by atoms with Gasteiger partial charge in [0.1, 0.15) is 11.5 Å². The van der Waals surface area contributed by atoms with Gasteiger partial charge in [-0.25, -0.2) is 0 Å². The summed E-state index contributed by atoms with van der Waals surface area (Å²) in [5.74, 6) is -5.68. The maximum absolute atomic E-state index is 13.8. The summed E-state index contributed by atoms with van der Waals surface area (Å²) in [6, 6.07) is 0.921. The number of ketones is 2. The maximum atomic E-state index is 13.8. The monoisotopic (exact) mass is 490 g/mol. The third-order valence-corrected chi connectivity index (χ3v) is 7.26. The number of hydrogen-bond donors (Lipinski definition) is 6. The van der Waals surface area contributed by atoms with Crippen molar-refractivity contribution in [2.75, 3.05) is 39.7 Å². The molecule has 1 aromatic carbocycles. The van der Waals surface area contributed by atoms with Crippen LogP contribution in [-0.4, -0.2) is 89.2 Å². The van der Waals surface area contributed by atoms with Crippen LogP contribution < -0.4 is 16.4 Å². The highest BCUT2D eigenvalue weighted by Crippen LogP contribution is 2.51. The van der Waals surface area contributed by atoms with Crippen molar-refractivity contribution >= 4 is 28.9 Å². The predicted molar refractivity (Wildman–Crippen MR) is 129 cm³/mol. The quantitative estimate of drug-likeness (QED) is 0.248. The van der Waals surface area contributed by atoms with Gasteiger partial charge in [0.05, 0.1) is 18.6 Å². The average Bonchev–Trinajstić information content (AvgIpc) is 2.76. The van der Waals surface area contributed by atoms with Crippen LogP contribution in [0.15, 0.2) is 11.6 Å². The van der Waals surface area contributed by atoms with Crippen molar-refractivity contribution in [3.05, 3.63) is 28.3 Å². The molecule has 0 unspecified atom stereocenters. The molecular formula is C24H34N4O7. The van der Waals surface area contributed by atoms with E-state index in [1.807, 2.05) is 0 Å². The van der Waals surface area contributed by atoms with E-state index >= 15 is 0 Å². The van der Waals surface area contributed by atoms with E-state index in [9.17, 15) is 34.8 Å². The molecule has 1 saturated carbocycles. The predicted octanol–water partition coefficient (Wildman–Crippen LogP) is -0.955. The molecule has 0 aliphatic heterocycles. The zero-order valence-electron chi connectivity index (χ0n) is 20.4. The van der Waals surface area contributed by atoms with Crippen molar-refractivity contribution in [3.63, 3.8) is 0 Å². The molecule has 3 rings (SSSR count). The lowest BCUT2D eigenvalue weighted by Crippen LogP contribution is -2.64. The van der Waals surface area contributed by atoms with Gasteiger partial charge in [-0.15, -0.1) is 0 Å². The molecule has 192 valence electrons. The first-order chi connectivity index (χ1) is 16.3. The summed E-state index contributed by atoms with van der Waals surface area (Å²) in [6.45, 7) is -0.487. The molecule has 0 spiro atoms. The second kappa shape index (κ2) is 9.57. The highest BCUT2D eigenvalue weighted by Gasteiger charge is 2.60. The fraction of sp³-hybridized carbons (Fsp3) is 0.542. The van der Waals surface area contributed by atoms with E-state index in [1.54, 1.807) is 44.1 Å². The number of anilines is 1. The molecule has 0 bridgehead atoms. The number of carbonyl (C=O) groups excluding carboxylic acids is 3. The van der Waals surface area contributed by atoms with Gasteiger partial charge in [0.25, 0.3) is 0 Å². The number of phenols is 1. The van der Waals surface area contributed by atoms with Crippen molar-refractivity contribution in [3.8, 4) is 5.75 Å². The van der Waals surface area contributed by atoms with Gasteiger partial charge in [-0.2, -0.15) is 0 Å². The molecule has 2 aliphatic carbocycles. The largest absolute Gasteiger partial charge is 0.507 e. The minimum atomic E-state index is -2.70. The Hall–Kier alpha value is -2.99. The van der Waals surface area contributed by atoms with E-state index in [4.69, 9.17) is 11.5 Å². The molecule has 0 heterocycles. The summed E-state index contributed by atoms with van der Waals surface area (Å²) in [5, 5.41) is 43.8. The molecule has 1 amide bonds. The molecule has 0 radical (unpaired) electrons. The number of fused-ring (bicyclic) bond motifs is 2. The third kappa shape index (κ3) is 4.18. The number of aliphatic hydroxyl groups is 3. The van der Waals surface area contributed by atoms with Crippen LogP contribution in [0.1, 0.15) is 29.5 Å². The first-order valence-corrected chi connectivity index (χ1v) is 11.4. The van der Waals surface area contributed by atoms with Gasteiger partial charge in [-0.1, -0.05) is 0 Å². The average molecular weight is 491 g/mol. The van der Waals surface area contributed by atoms with Crippen LogP contribution in [-0.2, 0) is 27.3 Å². The number of rotatable bonds is 8. The second-order valence-corrected chi connectivity index (χ2v) is 9.74. The fourth-order valence-corrected chi connectivity index (χ4v) is 5.50. The Morgan fingerprint density at radius 1 is 1.23 bits per heavy atom. The number of amides is 1. The molecule has 1 aromatic rings. The van der Waals surface area contributed by atoms with E-state index < -0.39 is 59.7 Å². The summed E-state index contributed by atoms with van der Waals surface area (Å²) in [5.41, 5.74) is 9.76. The summed E-state index contributed by atoms with van der Waals surface area (Å²) >= 11 is 0. The van der Waals surface area contributed by atoms with Crippen LogP contribution in [0.25, 0.3) is 5.76 Å². The maximum Gasteiger partial charge on any atom is 0.225 e. The van der Waals surface area contributed by atoms with Gasteiger partial charge in [-0.05, 0) is 44.5 Å². The van der Waals surface area contributed by atoms with Crippen molar-refractivity contribution in [1.82, 2.24) is 4.90 Å². The van der Waals surface area contributed by atoms with Gasteiger partial charge in [-0.3, -0.25) is 14.4 Å². The van der Waals surface area contributed by atoms with Crippen LogP contribution in [0, 0.1) is 11.8 Å². The summed E-state index contributed by atoms with van der Waals surface area (Å²) in [4.78, 5) is 41.8. The molecule has 11 heteroatoms. The van der Waals surface area contributed by atoms with Crippen LogP contribution >= 0.6 is 0 Å². The standard InChI is InChI=1S/C24H34N4O7/c1-27(2)15-7-12(9-25)21(32)20-13(15)5-11-6-14(16(10-29)28(3)4)24(35,17(30)8-18(26)31)23(34)19(11)22(20)33/h7,11,14,16,29,32-33,35H,5-6,8-10,25H2,1-4H3,(H2,26,31)/t11-,14-,16+,24+/m0/s1. The molecule has 2 aliphatic rings. The minimum absolute atomic E-state index is 0.0237. The number of primary amides is 1. The molecule has 8 N–H and O–H groups in total. The first-order valence-electron chi connectivity index (χ1n) is 11.4. The zero-order chi connectivity index (χ0) is 26.4. The zero-order valence-corrected chi connectivity index (χ0v) is 20.4. The van der Waals surface area contributed by atoms with E-state index in [-0.39, 0.29) is 36.3 Å². The van der Waals surface area contributed by atoms with E-state index in [2.05, 4.69) is 0 Å². The lowest BCUT2D eigenvalue weighted by Gasteiger charge is -2.47. The number of likely N-dealkylation sites (N-methyl/N-ethyl adjacent to an activating group) is 1. The molecule has 4 atom stereocenters. The number of aromatic hydroxyl groups is 1. The molecule has 11 nitrogen and oxygen atoms in total. The summed E-state index contributed by atoms with van der Waals surface area (Å²) < 4.78 is 0. The van der Waals surface area contributed by atoms with Gasteiger partial charge < -0.3 is 41.7 Å². The van der Waals surface area contributed by atoms with Gasteiger partial charge in [0.2, 0.25) is 11.7 Å². The van der Waals surface area contributed by atoms with Crippen LogP contribution in [0.5, 0.6) is 5.75 Å². The number of nitrogens with two attached hydrogens (primary N) is 2. The lowest BCUT2D eigenvalue weighted by atomic mass is 9.59. The lowest BCUT2D eigenvalue weighted by molar-refractivity contribution is -0.163. The molecular weight excluding hydrogens is 456 g/mol. The number of aliphatic hydroxyl groups excluding tert-OH is 2. The normalized spacial score (nSPS) is 24.7. The van der Waals surface area contributed by atoms with Crippen molar-refractivity contribution in [2.45, 2.75) is 37.5 Å². The van der Waals surface area contributed by atoms with E-state index in [1.165, 1.54) is 0 Å². The Bertz CT molecular complexity index is 1100. The van der Waals surface area contributed by atoms with Gasteiger partial charge in [0, 0.05) is 49.4 Å². The van der Waals surface area contributed by atoms with Crippen molar-refractivity contribution in [1.29, 1.82) is 0 Å². The summed E-state index contributed by atoms with van der Waals surface area (Å²) in [7, 11) is 6.88. The number of benzene rings is 1. The Kier molecular flexibility index (Phi) is 7.28. The van der Waals surface area contributed by atoms with E-state index in [0.717, 1.165) is 0 Å². The van der Waals surface area contributed by atoms with Gasteiger partial charge >= 0.3 is 0 Å². The Morgan fingerprint density at radius 2 is 1.86 bits per heavy atom. The minimum Gasteiger partial charge on any atom is -0.507 e. The molecule has 0 saturated heterocycles. The molecule has 35 heavy (non-hydrogen) atoms. The number of nitrogens with zero attached hydrogens (tertiary/aromatic N) is 2. The Morgan fingerprint density at radius 3 is 2.34 bits per heavy atom. The number of phenolic OH excluding ortho intramolecular Hbond substituents is 1. The van der Waals surface area contributed by atoms with Crippen LogP contribution in [0.3, 0.4) is 0 Å². The Balaban J connectivity index is 2.30. The van der Waals surface area contributed by atoms with Gasteiger partial charge in [0.15, 0.2) is 11.4 Å². The third-order valence-electron chi connectivity index (χ3n) is 7.26. The smallest absolute Gasteiger partial charge is 0.225 e. The highest BCUT2D eigenvalue weighted by atomic mass is 16.3.